The first-order valence-corrected chi connectivity index (χ1v) is 7.82. The molecule has 1 aliphatic rings. The molecular weight excluding hydrogens is 348 g/mol. The number of nitrogens with one attached hydrogen (secondary N) is 1. The van der Waals surface area contributed by atoms with Gasteiger partial charge >= 0.3 is 1.43 Å². The minimum atomic E-state index is 0. The zero-order valence-corrected chi connectivity index (χ0v) is 14.4. The van der Waals surface area contributed by atoms with Gasteiger partial charge in [-0.15, -0.1) is 11.3 Å². The molecule has 3 rings (SSSR count). The lowest BCUT2D eigenvalue weighted by molar-refractivity contribution is -0.0000123. The molecule has 0 atom stereocenters. The van der Waals surface area contributed by atoms with E-state index in [9.17, 15) is 4.79 Å². The molecule has 0 fully saturated rings. The van der Waals surface area contributed by atoms with Crippen LogP contribution in [0.1, 0.15) is 40.8 Å². The highest BCUT2D eigenvalue weighted by atomic mass is 79.9. The minimum absolute atomic E-state index is 0. The summed E-state index contributed by atoms with van der Waals surface area (Å²) in [5.74, 6) is 0.0923. The molecule has 2 aromatic rings. The molecule has 0 aliphatic heterocycles. The molecule has 112 valence electrons. The van der Waals surface area contributed by atoms with Gasteiger partial charge in [-0.3, -0.25) is 10.2 Å². The van der Waals surface area contributed by atoms with Crippen LogP contribution in [-0.2, 0) is 19.4 Å². The Labute approximate surface area is 140 Å². The molecule has 1 heterocycles. The van der Waals surface area contributed by atoms with Crippen molar-refractivity contribution in [1.29, 1.82) is 5.41 Å². The number of aromatic nitrogens is 1. The number of benzene rings is 1. The smallest absolute Gasteiger partial charge is 1.00 e. The molecule has 0 unspecified atom stereocenters. The lowest BCUT2D eigenvalue weighted by atomic mass is 10.0. The lowest BCUT2D eigenvalue weighted by Gasteiger charge is -2.14. The fourth-order valence-corrected chi connectivity index (χ4v) is 3.79. The lowest BCUT2D eigenvalue weighted by Crippen LogP contribution is -3.00. The predicted octanol–water partition coefficient (Wildman–Crippen LogP) is 0.216. The Morgan fingerprint density at radius 2 is 1.95 bits per heavy atom. The van der Waals surface area contributed by atoms with E-state index in [4.69, 9.17) is 5.41 Å². The number of nitrogens with zero attached hydrogens (tertiary/aromatic N) is 1. The van der Waals surface area contributed by atoms with Crippen molar-refractivity contribution < 1.29 is 23.2 Å². The van der Waals surface area contributed by atoms with Crippen LogP contribution in [0.15, 0.2) is 24.3 Å². The largest absolute Gasteiger partial charge is 1.00 e. The number of thiazole rings is 1. The predicted molar refractivity (Wildman–Crippen MR) is 81.4 cm³/mol. The van der Waals surface area contributed by atoms with E-state index in [2.05, 4.69) is 0 Å². The standard InChI is InChI=1S/C16H18N2OS.BrH/c1-11-6-8-12(9-7-11)14(19)10-18-13-4-2-3-5-15(13)20-16(18)17;/h6-9,17H,2-5,10H2,1H3;1H. The summed E-state index contributed by atoms with van der Waals surface area (Å²) in [6, 6.07) is 7.67. The number of fused-ring (bicyclic) bond motifs is 1. The Kier molecular flexibility index (Phi) is 5.17. The number of hydrogen-bond donors (Lipinski definition) is 1. The molecule has 0 amide bonds. The fraction of sp³-hybridized carbons (Fsp3) is 0.375. The zero-order chi connectivity index (χ0) is 14.1. The number of aryl methyl sites for hydroxylation is 2. The molecule has 3 nitrogen and oxygen atoms in total. The van der Waals surface area contributed by atoms with Crippen LogP contribution in [-0.4, -0.2) is 10.4 Å². The van der Waals surface area contributed by atoms with E-state index in [1.165, 1.54) is 34.7 Å². The molecule has 1 aromatic carbocycles. The first-order valence-electron chi connectivity index (χ1n) is 7.01. The van der Waals surface area contributed by atoms with Crippen LogP contribution in [0.25, 0.3) is 0 Å². The van der Waals surface area contributed by atoms with Crippen molar-refractivity contribution in [3.05, 3.63) is 50.8 Å². The number of carbonyl (C=O) groups is 1. The van der Waals surface area contributed by atoms with Crippen LogP contribution in [0, 0.1) is 12.3 Å². The summed E-state index contributed by atoms with van der Waals surface area (Å²) >= 11 is 1.53. The van der Waals surface area contributed by atoms with Gasteiger partial charge in [0.25, 0.3) is 0 Å². The van der Waals surface area contributed by atoms with Gasteiger partial charge in [0.15, 0.2) is 10.6 Å². The number of halogens is 1. The molecule has 21 heavy (non-hydrogen) atoms. The van der Waals surface area contributed by atoms with Gasteiger partial charge in [0.05, 0.1) is 6.54 Å². The number of rotatable bonds is 3. The van der Waals surface area contributed by atoms with Crippen molar-refractivity contribution in [2.45, 2.75) is 39.2 Å². The van der Waals surface area contributed by atoms with Crippen LogP contribution in [0.5, 0.6) is 0 Å². The van der Waals surface area contributed by atoms with E-state index < -0.39 is 0 Å². The minimum Gasteiger partial charge on any atom is -1.00 e. The van der Waals surface area contributed by atoms with Crippen molar-refractivity contribution in [1.82, 2.24) is 4.57 Å². The average Bonchev–Trinajstić information content (AvgIpc) is 2.76. The Hall–Kier alpha value is -1.20. The summed E-state index contributed by atoms with van der Waals surface area (Å²) in [4.78, 5) is 14.2. The first kappa shape index (κ1) is 16.2. The van der Waals surface area contributed by atoms with Gasteiger partial charge in [0, 0.05) is 16.1 Å². The molecule has 0 radical (unpaired) electrons. The topological polar surface area (TPSA) is 45.9 Å². The molecule has 1 aromatic heterocycles. The van der Waals surface area contributed by atoms with Crippen LogP contribution in [0.2, 0.25) is 0 Å². The number of hydrogen-bond acceptors (Lipinski definition) is 3. The third-order valence-corrected chi connectivity index (χ3v) is 4.96. The van der Waals surface area contributed by atoms with Gasteiger partial charge in [0.2, 0.25) is 0 Å². The maximum Gasteiger partial charge on any atom is 1.00 e. The maximum absolute atomic E-state index is 12.4. The maximum atomic E-state index is 12.4. The molecule has 0 saturated carbocycles. The van der Waals surface area contributed by atoms with E-state index in [0.29, 0.717) is 11.3 Å². The van der Waals surface area contributed by atoms with Crippen molar-refractivity contribution in [3.63, 3.8) is 0 Å². The van der Waals surface area contributed by atoms with E-state index in [-0.39, 0.29) is 24.2 Å². The number of carbonyl (C=O) groups excluding carboxylic acids is 1. The number of Topliss-reactive ketones (excluding diaryl/α,β-unsaturated/α-hetero) is 1. The van der Waals surface area contributed by atoms with Crippen molar-refractivity contribution in [3.8, 4) is 0 Å². The second-order valence-corrected chi connectivity index (χ2v) is 6.44. The second-order valence-electron chi connectivity index (χ2n) is 5.36. The molecule has 0 saturated heterocycles. The van der Waals surface area contributed by atoms with E-state index in [1.54, 1.807) is 0 Å². The van der Waals surface area contributed by atoms with Gasteiger partial charge < -0.3 is 21.5 Å². The summed E-state index contributed by atoms with van der Waals surface area (Å²) in [6.45, 7) is 2.31. The summed E-state index contributed by atoms with van der Waals surface area (Å²) < 4.78 is 1.90. The number of ketones is 1. The molecule has 1 N–H and O–H groups in total. The third kappa shape index (κ3) is 3.35. The van der Waals surface area contributed by atoms with Crippen LogP contribution in [0.3, 0.4) is 0 Å². The Balaban J connectivity index is 0.00000121. The van der Waals surface area contributed by atoms with Gasteiger partial charge in [-0.1, -0.05) is 29.8 Å². The fourth-order valence-electron chi connectivity index (χ4n) is 2.69. The van der Waals surface area contributed by atoms with Gasteiger partial charge in [-0.05, 0) is 32.6 Å². The summed E-state index contributed by atoms with van der Waals surface area (Å²) in [5, 5.41) is 8.09. The van der Waals surface area contributed by atoms with Gasteiger partial charge in [-0.2, -0.15) is 0 Å². The van der Waals surface area contributed by atoms with Crippen molar-refractivity contribution in [2.75, 3.05) is 0 Å². The molecule has 1 aliphatic carbocycles. The Morgan fingerprint density at radius 1 is 1.29 bits per heavy atom. The molecule has 0 bridgehead atoms. The summed E-state index contributed by atoms with van der Waals surface area (Å²) in [7, 11) is 0. The van der Waals surface area contributed by atoms with Crippen LogP contribution in [0.4, 0.5) is 0 Å². The van der Waals surface area contributed by atoms with Gasteiger partial charge in [-0.25, -0.2) is 0 Å². The SMILES string of the molecule is Cc1ccc(C(=O)Cn2c3c(sc2=N)CCCC3)cc1.[Br-].[H+]. The normalized spacial score (nSPS) is 13.4. The van der Waals surface area contributed by atoms with E-state index in [0.717, 1.165) is 24.0 Å². The van der Waals surface area contributed by atoms with Crippen LogP contribution >= 0.6 is 11.3 Å². The average molecular weight is 367 g/mol. The quantitative estimate of drug-likeness (QED) is 0.775. The summed E-state index contributed by atoms with van der Waals surface area (Å²) in [5.41, 5.74) is 3.10. The molecular formula is C16H19BrN2OS. The van der Waals surface area contributed by atoms with Crippen molar-refractivity contribution in [2.24, 2.45) is 0 Å². The highest BCUT2D eigenvalue weighted by Crippen LogP contribution is 2.23. The second kappa shape index (κ2) is 6.71. The first-order chi connectivity index (χ1) is 9.65. The third-order valence-electron chi connectivity index (χ3n) is 3.86. The Bertz CT molecular complexity index is 706. The Morgan fingerprint density at radius 3 is 2.67 bits per heavy atom. The van der Waals surface area contributed by atoms with E-state index >= 15 is 0 Å². The van der Waals surface area contributed by atoms with Gasteiger partial charge in [0.1, 0.15) is 0 Å². The summed E-state index contributed by atoms with van der Waals surface area (Å²) in [6.07, 6.45) is 4.45. The highest BCUT2D eigenvalue weighted by molar-refractivity contribution is 7.09. The monoisotopic (exact) mass is 366 g/mol. The molecule has 0 spiro atoms. The highest BCUT2D eigenvalue weighted by Gasteiger charge is 2.18. The zero-order valence-electron chi connectivity index (χ0n) is 13.0. The van der Waals surface area contributed by atoms with E-state index in [1.807, 2.05) is 35.8 Å². The van der Waals surface area contributed by atoms with Crippen LogP contribution < -0.4 is 21.8 Å². The van der Waals surface area contributed by atoms with Crippen molar-refractivity contribution >= 4 is 17.1 Å². The molecule has 5 heteroatoms.